The first-order valence-electron chi connectivity index (χ1n) is 8.54. The summed E-state index contributed by atoms with van der Waals surface area (Å²) in [4.78, 5) is 23.3. The van der Waals surface area contributed by atoms with Gasteiger partial charge in [-0.3, -0.25) is 9.78 Å². The zero-order valence-corrected chi connectivity index (χ0v) is 14.1. The highest BCUT2D eigenvalue weighted by Crippen LogP contribution is 2.32. The van der Waals surface area contributed by atoms with Crippen LogP contribution in [-0.4, -0.2) is 29.0 Å². The highest BCUT2D eigenvalue weighted by atomic mass is 16.1. The smallest absolute Gasteiger partial charge is 0.251 e. The molecule has 0 bridgehead atoms. The fraction of sp³-hybridized carbons (Fsp3) is 0.250. The molecule has 0 saturated heterocycles. The third kappa shape index (κ3) is 3.31. The van der Waals surface area contributed by atoms with Crippen molar-refractivity contribution in [1.82, 2.24) is 15.3 Å². The lowest BCUT2D eigenvalue weighted by Crippen LogP contribution is -2.26. The largest absolute Gasteiger partial charge is 0.355 e. The van der Waals surface area contributed by atoms with E-state index in [0.29, 0.717) is 11.6 Å². The number of carbonyl (C=O) groups is 1. The van der Waals surface area contributed by atoms with Crippen LogP contribution in [0.15, 0.2) is 54.7 Å². The summed E-state index contributed by atoms with van der Waals surface area (Å²) >= 11 is 0. The van der Waals surface area contributed by atoms with Crippen LogP contribution in [-0.2, 0) is 6.54 Å². The summed E-state index contributed by atoms with van der Waals surface area (Å²) in [5.41, 5.74) is 3.67. The number of amides is 1. The molecular weight excluding hydrogens is 312 g/mol. The Balaban J connectivity index is 1.59. The van der Waals surface area contributed by atoms with Gasteiger partial charge in [-0.05, 0) is 42.7 Å². The van der Waals surface area contributed by atoms with E-state index in [1.54, 1.807) is 7.05 Å². The van der Waals surface area contributed by atoms with Crippen molar-refractivity contribution in [3.63, 3.8) is 0 Å². The molecule has 126 valence electrons. The fourth-order valence-electron chi connectivity index (χ4n) is 2.97. The van der Waals surface area contributed by atoms with Crippen molar-refractivity contribution in [2.45, 2.75) is 25.4 Å². The van der Waals surface area contributed by atoms with Crippen LogP contribution in [0, 0.1) is 0 Å². The topological polar surface area (TPSA) is 58.1 Å². The predicted octanol–water partition coefficient (Wildman–Crippen LogP) is 3.16. The highest BCUT2D eigenvalue weighted by molar-refractivity contribution is 5.93. The second-order valence-electron chi connectivity index (χ2n) is 6.35. The average molecular weight is 332 g/mol. The van der Waals surface area contributed by atoms with Crippen LogP contribution >= 0.6 is 0 Å². The SMILES string of the molecule is CNC(=O)c1ccc(CN(c2cnc3ccccc3n2)C2CC2)cc1. The van der Waals surface area contributed by atoms with Gasteiger partial charge in [0.25, 0.3) is 5.91 Å². The van der Waals surface area contributed by atoms with E-state index in [1.165, 1.54) is 12.8 Å². The van der Waals surface area contributed by atoms with Crippen molar-refractivity contribution in [2.24, 2.45) is 0 Å². The van der Waals surface area contributed by atoms with Gasteiger partial charge in [0.1, 0.15) is 5.82 Å². The number of nitrogens with one attached hydrogen (secondary N) is 1. The van der Waals surface area contributed by atoms with Gasteiger partial charge < -0.3 is 10.2 Å². The third-order valence-electron chi connectivity index (χ3n) is 4.51. The molecule has 1 amide bonds. The Bertz CT molecular complexity index is 903. The molecule has 5 heteroatoms. The molecule has 1 fully saturated rings. The molecular formula is C20H20N4O. The molecule has 2 aromatic carbocycles. The number of para-hydroxylation sites is 2. The van der Waals surface area contributed by atoms with Crippen molar-refractivity contribution in [2.75, 3.05) is 11.9 Å². The van der Waals surface area contributed by atoms with E-state index in [2.05, 4.69) is 15.2 Å². The molecule has 0 unspecified atom stereocenters. The van der Waals surface area contributed by atoms with E-state index in [9.17, 15) is 4.79 Å². The first kappa shape index (κ1) is 15.6. The fourth-order valence-corrected chi connectivity index (χ4v) is 2.97. The van der Waals surface area contributed by atoms with Crippen molar-refractivity contribution in [3.8, 4) is 0 Å². The molecule has 25 heavy (non-hydrogen) atoms. The van der Waals surface area contributed by atoms with E-state index in [4.69, 9.17) is 4.98 Å². The van der Waals surface area contributed by atoms with Crippen LogP contribution in [0.3, 0.4) is 0 Å². The minimum atomic E-state index is -0.0639. The van der Waals surface area contributed by atoms with Gasteiger partial charge in [0.2, 0.25) is 0 Å². The molecule has 3 aromatic rings. The lowest BCUT2D eigenvalue weighted by Gasteiger charge is -2.23. The maximum atomic E-state index is 11.7. The molecule has 4 rings (SSSR count). The highest BCUT2D eigenvalue weighted by Gasteiger charge is 2.30. The minimum absolute atomic E-state index is 0.0639. The molecule has 0 spiro atoms. The summed E-state index contributed by atoms with van der Waals surface area (Å²) in [6.07, 6.45) is 4.23. The number of hydrogen-bond donors (Lipinski definition) is 1. The first-order chi connectivity index (χ1) is 12.2. The summed E-state index contributed by atoms with van der Waals surface area (Å²) in [5, 5.41) is 2.64. The van der Waals surface area contributed by atoms with Crippen molar-refractivity contribution < 1.29 is 4.79 Å². The Morgan fingerprint density at radius 2 is 1.84 bits per heavy atom. The molecule has 1 aromatic heterocycles. The van der Waals surface area contributed by atoms with Crippen LogP contribution in [0.1, 0.15) is 28.8 Å². The molecule has 1 N–H and O–H groups in total. The number of benzene rings is 2. The molecule has 5 nitrogen and oxygen atoms in total. The predicted molar refractivity (Wildman–Crippen MR) is 98.6 cm³/mol. The quantitative estimate of drug-likeness (QED) is 0.780. The summed E-state index contributed by atoms with van der Waals surface area (Å²) < 4.78 is 0. The minimum Gasteiger partial charge on any atom is -0.355 e. The van der Waals surface area contributed by atoms with Crippen LogP contribution in [0.5, 0.6) is 0 Å². The normalized spacial score (nSPS) is 13.6. The van der Waals surface area contributed by atoms with Gasteiger partial charge in [0.15, 0.2) is 0 Å². The number of hydrogen-bond acceptors (Lipinski definition) is 4. The van der Waals surface area contributed by atoms with Gasteiger partial charge in [-0.2, -0.15) is 0 Å². The van der Waals surface area contributed by atoms with Gasteiger partial charge in [-0.1, -0.05) is 24.3 Å². The van der Waals surface area contributed by atoms with Crippen LogP contribution < -0.4 is 10.2 Å². The number of fused-ring (bicyclic) bond motifs is 1. The second kappa shape index (κ2) is 6.51. The summed E-state index contributed by atoms with van der Waals surface area (Å²) in [6, 6.07) is 16.2. The number of nitrogens with zero attached hydrogens (tertiary/aromatic N) is 3. The van der Waals surface area contributed by atoms with E-state index in [1.807, 2.05) is 54.7 Å². The van der Waals surface area contributed by atoms with Crippen LogP contribution in [0.4, 0.5) is 5.82 Å². The van der Waals surface area contributed by atoms with Gasteiger partial charge >= 0.3 is 0 Å². The molecule has 0 atom stereocenters. The Morgan fingerprint density at radius 1 is 1.12 bits per heavy atom. The van der Waals surface area contributed by atoms with E-state index >= 15 is 0 Å². The standard InChI is InChI=1S/C20H20N4O/c1-21-20(25)15-8-6-14(7-9-15)13-24(16-10-11-16)19-12-22-17-4-2-3-5-18(17)23-19/h2-9,12,16H,10-11,13H2,1H3,(H,21,25). The number of anilines is 1. The summed E-state index contributed by atoms with van der Waals surface area (Å²) in [5.74, 6) is 0.850. The summed E-state index contributed by atoms with van der Waals surface area (Å²) in [7, 11) is 1.64. The molecule has 0 radical (unpaired) electrons. The molecule has 0 aliphatic heterocycles. The van der Waals surface area contributed by atoms with E-state index in [0.717, 1.165) is 29.0 Å². The molecule has 1 aliphatic carbocycles. The van der Waals surface area contributed by atoms with Gasteiger partial charge in [-0.25, -0.2) is 4.98 Å². The third-order valence-corrected chi connectivity index (χ3v) is 4.51. The lowest BCUT2D eigenvalue weighted by atomic mass is 10.1. The average Bonchev–Trinajstić information content (AvgIpc) is 3.50. The monoisotopic (exact) mass is 332 g/mol. The van der Waals surface area contributed by atoms with Crippen molar-refractivity contribution in [3.05, 3.63) is 65.9 Å². The molecule has 1 heterocycles. The van der Waals surface area contributed by atoms with Gasteiger partial charge in [0, 0.05) is 25.2 Å². The zero-order valence-electron chi connectivity index (χ0n) is 14.1. The maximum absolute atomic E-state index is 11.7. The Labute approximate surface area is 146 Å². The first-order valence-corrected chi connectivity index (χ1v) is 8.54. The maximum Gasteiger partial charge on any atom is 0.251 e. The van der Waals surface area contributed by atoms with Crippen LogP contribution in [0.2, 0.25) is 0 Å². The molecule has 1 saturated carbocycles. The Morgan fingerprint density at radius 3 is 2.52 bits per heavy atom. The Hall–Kier alpha value is -2.95. The number of rotatable bonds is 5. The second-order valence-corrected chi connectivity index (χ2v) is 6.35. The van der Waals surface area contributed by atoms with Crippen molar-refractivity contribution in [1.29, 1.82) is 0 Å². The van der Waals surface area contributed by atoms with Crippen molar-refractivity contribution >= 4 is 22.8 Å². The lowest BCUT2D eigenvalue weighted by molar-refractivity contribution is 0.0963. The van der Waals surface area contributed by atoms with Gasteiger partial charge in [0.05, 0.1) is 17.2 Å². The zero-order chi connectivity index (χ0) is 17.2. The molecule has 1 aliphatic rings. The number of carbonyl (C=O) groups excluding carboxylic acids is 1. The van der Waals surface area contributed by atoms with Crippen LogP contribution in [0.25, 0.3) is 11.0 Å². The Kier molecular flexibility index (Phi) is 4.06. The van der Waals surface area contributed by atoms with E-state index in [-0.39, 0.29) is 5.91 Å². The van der Waals surface area contributed by atoms with Gasteiger partial charge in [-0.15, -0.1) is 0 Å². The van der Waals surface area contributed by atoms with E-state index < -0.39 is 0 Å². The number of aromatic nitrogens is 2. The summed E-state index contributed by atoms with van der Waals surface area (Å²) in [6.45, 7) is 0.770.